The summed E-state index contributed by atoms with van der Waals surface area (Å²) >= 11 is 1.88. The van der Waals surface area contributed by atoms with E-state index in [-0.39, 0.29) is 0 Å². The predicted octanol–water partition coefficient (Wildman–Crippen LogP) is 3.11. The Hall–Kier alpha value is -0.770. The fraction of sp³-hybridized carbons (Fsp3) is 0.667. The van der Waals surface area contributed by atoms with Crippen molar-refractivity contribution in [1.29, 1.82) is 0 Å². The van der Waals surface area contributed by atoms with Crippen molar-refractivity contribution < 1.29 is 0 Å². The van der Waals surface area contributed by atoms with E-state index >= 15 is 0 Å². The van der Waals surface area contributed by atoms with E-state index in [9.17, 15) is 0 Å². The monoisotopic (exact) mass is 239 g/mol. The maximum atomic E-state index is 4.57. The maximum Gasteiger partial charge on any atom is 0.140 e. The third-order valence-corrected chi connectivity index (χ3v) is 3.23. The second-order valence-corrected chi connectivity index (χ2v) is 5.59. The largest absolute Gasteiger partial charge is 0.373 e. The molecule has 0 amide bonds. The first-order chi connectivity index (χ1) is 7.65. The van der Waals surface area contributed by atoms with Gasteiger partial charge in [-0.2, -0.15) is 11.8 Å². The smallest absolute Gasteiger partial charge is 0.140 e. The zero-order chi connectivity index (χ0) is 12.0. The van der Waals surface area contributed by atoms with Gasteiger partial charge in [-0.3, -0.25) is 0 Å². The molecule has 0 atom stereocenters. The van der Waals surface area contributed by atoms with Crippen LogP contribution in [0, 0.1) is 0 Å². The minimum atomic E-state index is 0.622. The predicted molar refractivity (Wildman–Crippen MR) is 72.0 cm³/mol. The number of hydrogen-bond acceptors (Lipinski definition) is 4. The number of rotatable bonds is 6. The van der Waals surface area contributed by atoms with Gasteiger partial charge < -0.3 is 5.32 Å². The van der Waals surface area contributed by atoms with Crippen LogP contribution >= 0.6 is 11.8 Å². The fourth-order valence-corrected chi connectivity index (χ4v) is 1.98. The fourth-order valence-electron chi connectivity index (χ4n) is 1.37. The number of aryl methyl sites for hydroxylation is 1. The molecule has 1 rings (SSSR count). The lowest BCUT2D eigenvalue weighted by Gasteiger charge is -2.08. The average molecular weight is 239 g/mol. The maximum absolute atomic E-state index is 4.57. The van der Waals surface area contributed by atoms with Gasteiger partial charge in [-0.15, -0.1) is 0 Å². The molecule has 3 nitrogen and oxygen atoms in total. The van der Waals surface area contributed by atoms with Crippen LogP contribution < -0.4 is 5.32 Å². The first-order valence-corrected chi connectivity index (χ1v) is 6.86. The van der Waals surface area contributed by atoms with Crippen molar-refractivity contribution in [2.75, 3.05) is 12.4 Å². The van der Waals surface area contributed by atoms with Crippen LogP contribution in [0.25, 0.3) is 0 Å². The van der Waals surface area contributed by atoms with Crippen LogP contribution in [0.15, 0.2) is 6.07 Å². The van der Waals surface area contributed by atoms with Gasteiger partial charge in [0.15, 0.2) is 0 Å². The Labute approximate surface area is 102 Å². The van der Waals surface area contributed by atoms with Gasteiger partial charge >= 0.3 is 0 Å². The van der Waals surface area contributed by atoms with Crippen LogP contribution in [0.2, 0.25) is 0 Å². The van der Waals surface area contributed by atoms with Crippen LogP contribution in [0.4, 0.5) is 5.82 Å². The molecule has 0 unspecified atom stereocenters. The zero-order valence-corrected chi connectivity index (χ0v) is 11.4. The van der Waals surface area contributed by atoms with E-state index in [0.29, 0.717) is 5.25 Å². The highest BCUT2D eigenvalue weighted by molar-refractivity contribution is 7.99. The topological polar surface area (TPSA) is 37.8 Å². The molecule has 0 fully saturated rings. The van der Waals surface area contributed by atoms with Crippen LogP contribution in [-0.2, 0) is 12.2 Å². The summed E-state index contributed by atoms with van der Waals surface area (Å²) in [5.41, 5.74) is 1.14. The molecule has 0 aliphatic heterocycles. The highest BCUT2D eigenvalue weighted by Gasteiger charge is 2.04. The molecule has 0 spiro atoms. The lowest BCUT2D eigenvalue weighted by atomic mass is 10.2. The lowest BCUT2D eigenvalue weighted by molar-refractivity contribution is 0.854. The summed E-state index contributed by atoms with van der Waals surface area (Å²) < 4.78 is 0. The lowest BCUT2D eigenvalue weighted by Crippen LogP contribution is -2.03. The third-order valence-electron chi connectivity index (χ3n) is 2.13. The van der Waals surface area contributed by atoms with Crippen molar-refractivity contribution in [3.63, 3.8) is 0 Å². The van der Waals surface area contributed by atoms with Crippen LogP contribution in [0.1, 0.15) is 38.7 Å². The second-order valence-electron chi connectivity index (χ2n) is 4.02. The summed E-state index contributed by atoms with van der Waals surface area (Å²) in [6.45, 7) is 6.56. The summed E-state index contributed by atoms with van der Waals surface area (Å²) in [7, 11) is 1.90. The van der Waals surface area contributed by atoms with Crippen molar-refractivity contribution in [3.05, 3.63) is 17.6 Å². The molecule has 1 heterocycles. The summed E-state index contributed by atoms with van der Waals surface area (Å²) in [4.78, 5) is 9.03. The molecule has 1 N–H and O–H groups in total. The molecular formula is C12H21N3S. The Bertz CT molecular complexity index is 326. The Morgan fingerprint density at radius 1 is 1.38 bits per heavy atom. The molecular weight excluding hydrogens is 218 g/mol. The van der Waals surface area contributed by atoms with Gasteiger partial charge in [0.2, 0.25) is 0 Å². The van der Waals surface area contributed by atoms with E-state index in [0.717, 1.165) is 35.9 Å². The molecule has 0 aliphatic rings. The zero-order valence-electron chi connectivity index (χ0n) is 10.6. The van der Waals surface area contributed by atoms with E-state index < -0.39 is 0 Å². The summed E-state index contributed by atoms with van der Waals surface area (Å²) in [6, 6.07) is 2.03. The normalized spacial score (nSPS) is 10.8. The van der Waals surface area contributed by atoms with E-state index in [1.807, 2.05) is 24.9 Å². The highest BCUT2D eigenvalue weighted by Crippen LogP contribution is 2.16. The van der Waals surface area contributed by atoms with Gasteiger partial charge in [-0.05, 0) is 11.7 Å². The Kier molecular flexibility index (Phi) is 5.60. The summed E-state index contributed by atoms with van der Waals surface area (Å²) in [5, 5.41) is 3.72. The van der Waals surface area contributed by atoms with Gasteiger partial charge in [-0.25, -0.2) is 9.97 Å². The number of nitrogens with zero attached hydrogens (tertiary/aromatic N) is 2. The molecule has 0 aliphatic carbocycles. The van der Waals surface area contributed by atoms with Gasteiger partial charge in [0.1, 0.15) is 11.6 Å². The minimum Gasteiger partial charge on any atom is -0.373 e. The third kappa shape index (κ3) is 4.39. The number of nitrogens with one attached hydrogen (secondary N) is 1. The van der Waals surface area contributed by atoms with Crippen molar-refractivity contribution in [3.8, 4) is 0 Å². The summed E-state index contributed by atoms with van der Waals surface area (Å²) in [5.74, 6) is 2.76. The summed E-state index contributed by atoms with van der Waals surface area (Å²) in [6.07, 6.45) is 2.15. The molecule has 0 saturated carbocycles. The molecule has 0 bridgehead atoms. The Morgan fingerprint density at radius 3 is 2.69 bits per heavy atom. The van der Waals surface area contributed by atoms with Gasteiger partial charge in [-0.1, -0.05) is 27.2 Å². The molecule has 16 heavy (non-hydrogen) atoms. The van der Waals surface area contributed by atoms with Crippen molar-refractivity contribution in [2.45, 2.75) is 44.6 Å². The van der Waals surface area contributed by atoms with Crippen molar-refractivity contribution in [1.82, 2.24) is 9.97 Å². The van der Waals surface area contributed by atoms with E-state index in [1.54, 1.807) is 0 Å². The molecule has 4 heteroatoms. The van der Waals surface area contributed by atoms with Gasteiger partial charge in [0.05, 0.1) is 5.75 Å². The molecule has 0 aromatic carbocycles. The van der Waals surface area contributed by atoms with Crippen LogP contribution in [0.5, 0.6) is 0 Å². The molecule has 0 radical (unpaired) electrons. The Balaban J connectivity index is 2.77. The van der Waals surface area contributed by atoms with Crippen molar-refractivity contribution in [2.24, 2.45) is 0 Å². The van der Waals surface area contributed by atoms with Crippen molar-refractivity contribution >= 4 is 17.6 Å². The number of anilines is 1. The van der Waals surface area contributed by atoms with Crippen LogP contribution in [-0.4, -0.2) is 22.3 Å². The average Bonchev–Trinajstić information content (AvgIpc) is 2.26. The van der Waals surface area contributed by atoms with Crippen LogP contribution in [0.3, 0.4) is 0 Å². The molecule has 1 aromatic rings. The molecule has 1 aromatic heterocycles. The SMILES string of the molecule is CCCc1cc(NC)nc(CSC(C)C)n1. The van der Waals surface area contributed by atoms with Gasteiger partial charge in [0, 0.05) is 18.8 Å². The molecule has 90 valence electrons. The first kappa shape index (κ1) is 13.3. The second kappa shape index (κ2) is 6.74. The first-order valence-electron chi connectivity index (χ1n) is 5.82. The standard InChI is InChI=1S/C12H21N3S/c1-5-6-10-7-11(13-4)15-12(14-10)8-16-9(2)3/h7,9H,5-6,8H2,1-4H3,(H,13,14,15). The number of thioether (sulfide) groups is 1. The minimum absolute atomic E-state index is 0.622. The van der Waals surface area contributed by atoms with E-state index in [2.05, 4.69) is 36.1 Å². The number of aromatic nitrogens is 2. The van der Waals surface area contributed by atoms with E-state index in [4.69, 9.17) is 0 Å². The Morgan fingerprint density at radius 2 is 2.12 bits per heavy atom. The quantitative estimate of drug-likeness (QED) is 0.827. The molecule has 0 saturated heterocycles. The highest BCUT2D eigenvalue weighted by atomic mass is 32.2. The van der Waals surface area contributed by atoms with Gasteiger partial charge in [0.25, 0.3) is 0 Å². The number of hydrogen-bond donors (Lipinski definition) is 1. The van der Waals surface area contributed by atoms with E-state index in [1.165, 1.54) is 0 Å².